The number of thiazole rings is 1. The van der Waals surface area contributed by atoms with E-state index in [0.717, 1.165) is 26.1 Å². The van der Waals surface area contributed by atoms with E-state index in [9.17, 15) is 0 Å². The highest BCUT2D eigenvalue weighted by Gasteiger charge is 2.19. The number of nitrogens with zero attached hydrogens (tertiary/aromatic N) is 1. The maximum atomic E-state index is 4.67. The molecule has 0 bridgehead atoms. The average Bonchev–Trinajstić information content (AvgIpc) is 2.85. The zero-order valence-electron chi connectivity index (χ0n) is 8.55. The Balaban J connectivity index is 1.94. The Kier molecular flexibility index (Phi) is 3.50. The molecule has 0 saturated carbocycles. The zero-order valence-corrected chi connectivity index (χ0v) is 9.36. The minimum atomic E-state index is 0.670. The third-order valence-corrected chi connectivity index (χ3v) is 3.67. The van der Waals surface area contributed by atoms with E-state index in [1.54, 1.807) is 0 Å². The highest BCUT2D eigenvalue weighted by atomic mass is 32.1. The van der Waals surface area contributed by atoms with E-state index in [-0.39, 0.29) is 0 Å². The predicted molar refractivity (Wildman–Crippen MR) is 60.0 cm³/mol. The Hall–Kier alpha value is -0.450. The lowest BCUT2D eigenvalue weighted by Gasteiger charge is -2.01. The van der Waals surface area contributed by atoms with E-state index < -0.39 is 0 Å². The smallest absolute Gasteiger partial charge is 0.0972 e. The first-order valence-electron chi connectivity index (χ1n) is 5.20. The fraction of sp³-hybridized carbons (Fsp3) is 0.700. The maximum Gasteiger partial charge on any atom is 0.0972 e. The fourth-order valence-electron chi connectivity index (χ4n) is 1.74. The summed E-state index contributed by atoms with van der Waals surface area (Å²) in [6, 6.07) is 0. The molecule has 1 fully saturated rings. The Labute approximate surface area is 88.9 Å². The summed E-state index contributed by atoms with van der Waals surface area (Å²) in [4.78, 5) is 4.67. The molecule has 0 amide bonds. The zero-order chi connectivity index (χ0) is 9.80. The lowest BCUT2D eigenvalue weighted by atomic mass is 10.1. The standard InChI is InChI=1S/C10H17N3S/c1-11-4-3-9-7-14-10(13-9)8-2-5-12-6-8/h7-8,11-12H,2-6H2,1H3. The van der Waals surface area contributed by atoms with Crippen LogP contribution in [0.15, 0.2) is 5.38 Å². The minimum absolute atomic E-state index is 0.670. The molecule has 1 aliphatic rings. The molecule has 2 N–H and O–H groups in total. The van der Waals surface area contributed by atoms with Crippen LogP contribution in [0.1, 0.15) is 23.0 Å². The first kappa shape index (κ1) is 10.1. The van der Waals surface area contributed by atoms with Gasteiger partial charge in [-0.3, -0.25) is 0 Å². The van der Waals surface area contributed by atoms with E-state index in [1.807, 2.05) is 18.4 Å². The Morgan fingerprint density at radius 1 is 1.71 bits per heavy atom. The van der Waals surface area contributed by atoms with Crippen molar-refractivity contribution in [3.63, 3.8) is 0 Å². The first-order chi connectivity index (χ1) is 6.90. The van der Waals surface area contributed by atoms with Crippen molar-refractivity contribution in [2.45, 2.75) is 18.8 Å². The summed E-state index contributed by atoms with van der Waals surface area (Å²) in [5.74, 6) is 0.670. The first-order valence-corrected chi connectivity index (χ1v) is 6.07. The molecule has 2 heterocycles. The van der Waals surface area contributed by atoms with Gasteiger partial charge < -0.3 is 10.6 Å². The van der Waals surface area contributed by atoms with Gasteiger partial charge in [-0.1, -0.05) is 0 Å². The number of hydrogen-bond acceptors (Lipinski definition) is 4. The quantitative estimate of drug-likeness (QED) is 0.779. The molecule has 1 aromatic heterocycles. The van der Waals surface area contributed by atoms with Gasteiger partial charge in [-0.05, 0) is 20.0 Å². The largest absolute Gasteiger partial charge is 0.319 e. The van der Waals surface area contributed by atoms with Gasteiger partial charge in [0.05, 0.1) is 10.7 Å². The lowest BCUT2D eigenvalue weighted by molar-refractivity contribution is 0.737. The molecule has 3 nitrogen and oxygen atoms in total. The average molecular weight is 211 g/mol. The molecule has 1 unspecified atom stereocenters. The van der Waals surface area contributed by atoms with Gasteiger partial charge in [0.25, 0.3) is 0 Å². The lowest BCUT2D eigenvalue weighted by Crippen LogP contribution is -2.11. The third kappa shape index (κ3) is 2.32. The predicted octanol–water partition coefficient (Wildman–Crippen LogP) is 0.982. The second-order valence-electron chi connectivity index (χ2n) is 3.72. The summed E-state index contributed by atoms with van der Waals surface area (Å²) in [6.45, 7) is 3.28. The SMILES string of the molecule is CNCCc1csc(C2CCNC2)n1. The number of aromatic nitrogens is 1. The number of likely N-dealkylation sites (N-methyl/N-ethyl adjacent to an activating group) is 1. The normalized spacial score (nSPS) is 21.6. The second kappa shape index (κ2) is 4.87. The van der Waals surface area contributed by atoms with E-state index in [4.69, 9.17) is 0 Å². The molecule has 1 saturated heterocycles. The van der Waals surface area contributed by atoms with Crippen LogP contribution in [0.3, 0.4) is 0 Å². The van der Waals surface area contributed by atoms with Gasteiger partial charge in [0, 0.05) is 30.8 Å². The Morgan fingerprint density at radius 2 is 2.64 bits per heavy atom. The highest BCUT2D eigenvalue weighted by molar-refractivity contribution is 7.09. The molecule has 14 heavy (non-hydrogen) atoms. The van der Waals surface area contributed by atoms with Gasteiger partial charge >= 0.3 is 0 Å². The van der Waals surface area contributed by atoms with Gasteiger partial charge in [0.2, 0.25) is 0 Å². The molecular weight excluding hydrogens is 194 g/mol. The van der Waals surface area contributed by atoms with E-state index in [1.165, 1.54) is 17.1 Å². The molecule has 1 aromatic rings. The van der Waals surface area contributed by atoms with Crippen LogP contribution in [0.5, 0.6) is 0 Å². The van der Waals surface area contributed by atoms with Crippen molar-refractivity contribution >= 4 is 11.3 Å². The van der Waals surface area contributed by atoms with Crippen molar-refractivity contribution in [3.05, 3.63) is 16.1 Å². The molecule has 0 radical (unpaired) electrons. The van der Waals surface area contributed by atoms with Crippen molar-refractivity contribution in [2.24, 2.45) is 0 Å². The van der Waals surface area contributed by atoms with Crippen molar-refractivity contribution in [3.8, 4) is 0 Å². The molecule has 0 aliphatic carbocycles. The van der Waals surface area contributed by atoms with Crippen molar-refractivity contribution in [1.29, 1.82) is 0 Å². The van der Waals surface area contributed by atoms with Crippen LogP contribution in [0.25, 0.3) is 0 Å². The summed E-state index contributed by atoms with van der Waals surface area (Å²) < 4.78 is 0. The van der Waals surface area contributed by atoms with Crippen LogP contribution in [0.2, 0.25) is 0 Å². The van der Waals surface area contributed by atoms with Gasteiger partial charge in [-0.25, -0.2) is 4.98 Å². The third-order valence-electron chi connectivity index (χ3n) is 2.61. The highest BCUT2D eigenvalue weighted by Crippen LogP contribution is 2.25. The number of rotatable bonds is 4. The molecule has 0 spiro atoms. The van der Waals surface area contributed by atoms with Gasteiger partial charge in [0.15, 0.2) is 0 Å². The summed E-state index contributed by atoms with van der Waals surface area (Å²) in [5, 5.41) is 10.0. The van der Waals surface area contributed by atoms with E-state index in [0.29, 0.717) is 5.92 Å². The van der Waals surface area contributed by atoms with Crippen LogP contribution in [0, 0.1) is 0 Å². The topological polar surface area (TPSA) is 37.0 Å². The fourth-order valence-corrected chi connectivity index (χ4v) is 2.73. The molecule has 4 heteroatoms. The van der Waals surface area contributed by atoms with Crippen molar-refractivity contribution in [2.75, 3.05) is 26.7 Å². The number of nitrogens with one attached hydrogen (secondary N) is 2. The molecule has 1 aliphatic heterocycles. The van der Waals surface area contributed by atoms with Crippen LogP contribution < -0.4 is 10.6 Å². The summed E-state index contributed by atoms with van der Waals surface area (Å²) >= 11 is 1.82. The molecular formula is C10H17N3S. The Morgan fingerprint density at radius 3 is 3.36 bits per heavy atom. The van der Waals surface area contributed by atoms with Crippen molar-refractivity contribution < 1.29 is 0 Å². The van der Waals surface area contributed by atoms with Gasteiger partial charge in [-0.15, -0.1) is 11.3 Å². The van der Waals surface area contributed by atoms with Crippen LogP contribution in [-0.4, -0.2) is 31.7 Å². The van der Waals surface area contributed by atoms with E-state index >= 15 is 0 Å². The molecule has 1 atom stereocenters. The Bertz CT molecular complexity index is 279. The molecule has 78 valence electrons. The van der Waals surface area contributed by atoms with Crippen molar-refractivity contribution in [1.82, 2.24) is 15.6 Å². The second-order valence-corrected chi connectivity index (χ2v) is 4.61. The molecule has 0 aromatic carbocycles. The van der Waals surface area contributed by atoms with Gasteiger partial charge in [0.1, 0.15) is 0 Å². The maximum absolute atomic E-state index is 4.67. The van der Waals surface area contributed by atoms with Gasteiger partial charge in [-0.2, -0.15) is 0 Å². The van der Waals surface area contributed by atoms with Crippen LogP contribution in [-0.2, 0) is 6.42 Å². The monoisotopic (exact) mass is 211 g/mol. The summed E-state index contributed by atoms with van der Waals surface area (Å²) in [7, 11) is 1.98. The minimum Gasteiger partial charge on any atom is -0.319 e. The molecule has 2 rings (SSSR count). The van der Waals surface area contributed by atoms with Crippen LogP contribution >= 0.6 is 11.3 Å². The summed E-state index contributed by atoms with van der Waals surface area (Å²) in [6.07, 6.45) is 2.30. The summed E-state index contributed by atoms with van der Waals surface area (Å²) in [5.41, 5.74) is 1.24. The van der Waals surface area contributed by atoms with E-state index in [2.05, 4.69) is 21.0 Å². The van der Waals surface area contributed by atoms with Crippen LogP contribution in [0.4, 0.5) is 0 Å². The number of hydrogen-bond donors (Lipinski definition) is 2.